The van der Waals surface area contributed by atoms with Crippen molar-refractivity contribution in [2.45, 2.75) is 0 Å². The Morgan fingerprint density at radius 3 is 3.00 bits per heavy atom. The lowest BCUT2D eigenvalue weighted by Gasteiger charge is -1.80. The fourth-order valence-electron chi connectivity index (χ4n) is 0.787. The summed E-state index contributed by atoms with van der Waals surface area (Å²) in [7, 11) is 0. The number of allylic oxidation sites excluding steroid dienone is 1. The summed E-state index contributed by atoms with van der Waals surface area (Å²) < 4.78 is 0.627. The molecule has 0 aliphatic rings. The molecule has 1 rings (SSSR count). The highest BCUT2D eigenvalue weighted by molar-refractivity contribution is 9.12. The highest BCUT2D eigenvalue weighted by Crippen LogP contribution is 2.04. The van der Waals surface area contributed by atoms with Gasteiger partial charge >= 0.3 is 0 Å². The van der Waals surface area contributed by atoms with Crippen LogP contribution >= 0.6 is 15.9 Å². The van der Waals surface area contributed by atoms with Crippen molar-refractivity contribution < 1.29 is 0 Å². The maximum atomic E-state index is 9.83. The average molecular weight is 227 g/mol. The summed E-state index contributed by atoms with van der Waals surface area (Å²) in [6, 6.07) is 1.86. The number of aromatic amines is 1. The first-order valence-corrected chi connectivity index (χ1v) is 4.05. The van der Waals surface area contributed by atoms with Gasteiger partial charge in [-0.3, -0.25) is 0 Å². The largest absolute Gasteiger partial charge is 0.362 e. The third-order valence-electron chi connectivity index (χ3n) is 1.34. The van der Waals surface area contributed by atoms with E-state index < -0.39 is 0 Å². The van der Waals surface area contributed by atoms with Crippen LogP contribution in [-0.4, -0.2) is 4.98 Å². The summed E-state index contributed by atoms with van der Waals surface area (Å²) >= 11 is 3.16. The number of rotatable bonds is 2. The summed E-state index contributed by atoms with van der Waals surface area (Å²) in [5, 5.41) is 4.37. The molecule has 0 aliphatic heterocycles. The van der Waals surface area contributed by atoms with E-state index in [0.29, 0.717) is 4.48 Å². The van der Waals surface area contributed by atoms with Gasteiger partial charge in [0.25, 0.3) is 0 Å². The van der Waals surface area contributed by atoms with Crippen LogP contribution in [0.1, 0.15) is 0 Å². The van der Waals surface area contributed by atoms with Gasteiger partial charge < -0.3 is 4.98 Å². The lowest BCUT2D eigenvalue weighted by atomic mass is 10.4. The van der Waals surface area contributed by atoms with Gasteiger partial charge in [0, 0.05) is 16.0 Å². The number of hydrogen-bond acceptors (Lipinski definition) is 2. The quantitative estimate of drug-likeness (QED) is 0.758. The van der Waals surface area contributed by atoms with Crippen LogP contribution in [0.4, 0.5) is 0 Å². The van der Waals surface area contributed by atoms with Gasteiger partial charge in [-0.25, -0.2) is 0 Å². The van der Waals surface area contributed by atoms with E-state index in [9.17, 15) is 4.91 Å². The summed E-state index contributed by atoms with van der Waals surface area (Å²) in [5.74, 6) is 0. The topological polar surface area (TPSA) is 45.2 Å². The SMILES string of the molecule is C=c1[nH]cc/c1=C/C(Br)=C\N=O. The molecule has 3 nitrogen and oxygen atoms in total. The number of nitrogens with one attached hydrogen (secondary N) is 1. The monoisotopic (exact) mass is 226 g/mol. The van der Waals surface area contributed by atoms with Crippen LogP contribution in [0.2, 0.25) is 0 Å². The molecule has 1 aromatic rings. The summed E-state index contributed by atoms with van der Waals surface area (Å²) in [6.45, 7) is 3.75. The Balaban J connectivity index is 3.14. The van der Waals surface area contributed by atoms with Gasteiger partial charge in [0.2, 0.25) is 0 Å². The van der Waals surface area contributed by atoms with E-state index >= 15 is 0 Å². The molecule has 62 valence electrons. The number of hydrogen-bond donors (Lipinski definition) is 1. The highest BCUT2D eigenvalue weighted by atomic mass is 79.9. The first kappa shape index (κ1) is 8.93. The molecule has 12 heavy (non-hydrogen) atoms. The predicted molar refractivity (Wildman–Crippen MR) is 52.8 cm³/mol. The molecule has 0 aromatic carbocycles. The Bertz CT molecular complexity index is 405. The Labute approximate surface area is 77.6 Å². The van der Waals surface area contributed by atoms with Crippen molar-refractivity contribution in [3.63, 3.8) is 0 Å². The average Bonchev–Trinajstić information content (AvgIpc) is 2.37. The number of aromatic nitrogens is 1. The molecule has 0 atom stereocenters. The van der Waals surface area contributed by atoms with Gasteiger partial charge in [-0.05, 0) is 38.5 Å². The molecule has 0 spiro atoms. The van der Waals surface area contributed by atoms with Crippen molar-refractivity contribution in [3.05, 3.63) is 38.4 Å². The number of H-pyrrole nitrogens is 1. The fourth-order valence-corrected chi connectivity index (χ4v) is 1.12. The molecule has 0 aliphatic carbocycles. The lowest BCUT2D eigenvalue weighted by molar-refractivity contribution is 1.33. The van der Waals surface area contributed by atoms with Gasteiger partial charge in [-0.15, -0.1) is 4.91 Å². The molecule has 0 unspecified atom stereocenters. The Morgan fingerprint density at radius 2 is 2.50 bits per heavy atom. The van der Waals surface area contributed by atoms with E-state index in [0.717, 1.165) is 10.6 Å². The maximum absolute atomic E-state index is 9.83. The van der Waals surface area contributed by atoms with Crippen LogP contribution in [0.5, 0.6) is 0 Å². The Hall–Kier alpha value is -1.16. The molecular weight excluding hydrogens is 220 g/mol. The van der Waals surface area contributed by atoms with Crippen molar-refractivity contribution in [3.8, 4) is 0 Å². The number of nitrogens with zero attached hydrogens (tertiary/aromatic N) is 1. The molecule has 0 bridgehead atoms. The molecule has 1 aromatic heterocycles. The van der Waals surface area contributed by atoms with Crippen LogP contribution in [0.25, 0.3) is 12.7 Å². The number of halogens is 1. The minimum Gasteiger partial charge on any atom is -0.362 e. The molecule has 1 N–H and O–H groups in total. The zero-order valence-electron chi connectivity index (χ0n) is 6.25. The van der Waals surface area contributed by atoms with Crippen molar-refractivity contribution in [1.82, 2.24) is 4.98 Å². The minimum atomic E-state index is 0.627. The van der Waals surface area contributed by atoms with E-state index in [1.165, 1.54) is 6.20 Å². The van der Waals surface area contributed by atoms with E-state index in [-0.39, 0.29) is 0 Å². The van der Waals surface area contributed by atoms with Gasteiger partial charge in [0.15, 0.2) is 0 Å². The van der Waals surface area contributed by atoms with Crippen molar-refractivity contribution >= 4 is 28.6 Å². The van der Waals surface area contributed by atoms with Gasteiger partial charge in [-0.2, -0.15) is 0 Å². The first-order valence-electron chi connectivity index (χ1n) is 3.26. The molecule has 1 heterocycles. The second kappa shape index (κ2) is 4.01. The van der Waals surface area contributed by atoms with Crippen LogP contribution in [0, 0.1) is 4.91 Å². The third-order valence-corrected chi connectivity index (χ3v) is 1.77. The second-order valence-corrected chi connectivity index (χ2v) is 3.09. The minimum absolute atomic E-state index is 0.627. The molecule has 0 fully saturated rings. The van der Waals surface area contributed by atoms with Crippen LogP contribution in [-0.2, 0) is 0 Å². The van der Waals surface area contributed by atoms with E-state index in [4.69, 9.17) is 0 Å². The van der Waals surface area contributed by atoms with E-state index in [1.54, 1.807) is 12.3 Å². The summed E-state index contributed by atoms with van der Waals surface area (Å²) in [6.07, 6.45) is 4.73. The smallest absolute Gasteiger partial charge is 0.0857 e. The van der Waals surface area contributed by atoms with Gasteiger partial charge in [0.1, 0.15) is 0 Å². The van der Waals surface area contributed by atoms with E-state index in [1.807, 2.05) is 6.07 Å². The first-order chi connectivity index (χ1) is 5.74. The van der Waals surface area contributed by atoms with Crippen molar-refractivity contribution in [2.24, 2.45) is 5.18 Å². The number of nitroso groups, excluding NO2 is 1. The molecule has 0 amide bonds. The summed E-state index contributed by atoms with van der Waals surface area (Å²) in [4.78, 5) is 12.7. The van der Waals surface area contributed by atoms with Crippen LogP contribution in [0.15, 0.2) is 28.1 Å². The lowest BCUT2D eigenvalue weighted by Crippen LogP contribution is -2.19. The van der Waals surface area contributed by atoms with Gasteiger partial charge in [-0.1, -0.05) is 6.58 Å². The van der Waals surface area contributed by atoms with Gasteiger partial charge in [0.05, 0.1) is 6.20 Å². The van der Waals surface area contributed by atoms with Crippen molar-refractivity contribution in [1.29, 1.82) is 0 Å². The Morgan fingerprint density at radius 1 is 1.75 bits per heavy atom. The molecule has 0 radical (unpaired) electrons. The third kappa shape index (κ3) is 2.17. The molecular formula is C8H7BrN2O. The van der Waals surface area contributed by atoms with Crippen LogP contribution in [0.3, 0.4) is 0 Å². The standard InChI is InChI=1S/C8H7BrN2O/c1-6-7(2-3-10-6)4-8(9)5-11-12/h2-5,10H,1H2/b7-4-,8-5+. The molecule has 4 heteroatoms. The normalized spacial score (nSPS) is 13.4. The second-order valence-electron chi connectivity index (χ2n) is 2.18. The summed E-state index contributed by atoms with van der Waals surface area (Å²) in [5.41, 5.74) is 0. The van der Waals surface area contributed by atoms with E-state index in [2.05, 4.69) is 32.7 Å². The predicted octanol–water partition coefficient (Wildman–Crippen LogP) is 1.21. The molecule has 0 saturated heterocycles. The zero-order chi connectivity index (χ0) is 8.97. The fraction of sp³-hybridized carbons (Fsp3) is 0. The Kier molecular flexibility index (Phi) is 2.99. The van der Waals surface area contributed by atoms with Crippen LogP contribution < -0.4 is 10.6 Å². The zero-order valence-corrected chi connectivity index (χ0v) is 7.84. The highest BCUT2D eigenvalue weighted by Gasteiger charge is 1.86. The molecule has 0 saturated carbocycles. The van der Waals surface area contributed by atoms with Crippen molar-refractivity contribution in [2.75, 3.05) is 0 Å². The maximum Gasteiger partial charge on any atom is 0.0857 e.